The van der Waals surface area contributed by atoms with Crippen LogP contribution in [0.2, 0.25) is 5.02 Å². The van der Waals surface area contributed by atoms with E-state index in [9.17, 15) is 19.7 Å². The molecule has 7 nitrogen and oxygen atoms in total. The predicted molar refractivity (Wildman–Crippen MR) is 69.8 cm³/mol. The van der Waals surface area contributed by atoms with Crippen molar-refractivity contribution in [3.8, 4) is 0 Å². The van der Waals surface area contributed by atoms with Gasteiger partial charge in [-0.05, 0) is 12.5 Å². The van der Waals surface area contributed by atoms with Crippen molar-refractivity contribution in [2.45, 2.75) is 6.42 Å². The van der Waals surface area contributed by atoms with E-state index in [1.54, 1.807) is 0 Å². The zero-order valence-corrected chi connectivity index (χ0v) is 11.0. The van der Waals surface area contributed by atoms with E-state index in [-0.39, 0.29) is 29.4 Å². The lowest BCUT2D eigenvalue weighted by atomic mass is 10.1. The monoisotopic (exact) mass is 298 g/mol. The van der Waals surface area contributed by atoms with Crippen LogP contribution in [0.3, 0.4) is 0 Å². The number of likely N-dealkylation sites (tertiary alicyclic amines) is 1. The molecule has 0 radical (unpaired) electrons. The van der Waals surface area contributed by atoms with Gasteiger partial charge in [0.15, 0.2) is 0 Å². The van der Waals surface area contributed by atoms with E-state index < -0.39 is 22.7 Å². The summed E-state index contributed by atoms with van der Waals surface area (Å²) in [6, 6.07) is 3.98. The molecule has 106 valence electrons. The average molecular weight is 299 g/mol. The van der Waals surface area contributed by atoms with Gasteiger partial charge in [-0.2, -0.15) is 0 Å². The molecule has 0 aliphatic carbocycles. The zero-order valence-electron chi connectivity index (χ0n) is 10.3. The molecule has 1 aliphatic rings. The number of carboxylic acid groups (broad SMARTS) is 1. The van der Waals surface area contributed by atoms with Gasteiger partial charge < -0.3 is 10.0 Å². The Morgan fingerprint density at radius 2 is 2.15 bits per heavy atom. The second kappa shape index (κ2) is 5.46. The Bertz CT molecular complexity index is 589. The number of benzene rings is 1. The van der Waals surface area contributed by atoms with Crippen molar-refractivity contribution in [2.75, 3.05) is 13.1 Å². The van der Waals surface area contributed by atoms with Crippen LogP contribution in [0.25, 0.3) is 0 Å². The molecule has 1 saturated heterocycles. The second-order valence-corrected chi connectivity index (χ2v) is 4.87. The molecular formula is C12H11ClN2O5. The third kappa shape index (κ3) is 2.57. The Labute approximate surface area is 118 Å². The van der Waals surface area contributed by atoms with E-state index in [1.807, 2.05) is 0 Å². The fraction of sp³-hybridized carbons (Fsp3) is 0.333. The summed E-state index contributed by atoms with van der Waals surface area (Å²) in [5, 5.41) is 19.8. The van der Waals surface area contributed by atoms with E-state index in [1.165, 1.54) is 23.1 Å². The lowest BCUT2D eigenvalue weighted by Crippen LogP contribution is -2.30. The van der Waals surface area contributed by atoms with Gasteiger partial charge in [0.25, 0.3) is 11.6 Å². The normalized spacial score (nSPS) is 18.1. The topological polar surface area (TPSA) is 101 Å². The highest BCUT2D eigenvalue weighted by Gasteiger charge is 2.34. The molecule has 0 aromatic heterocycles. The van der Waals surface area contributed by atoms with Gasteiger partial charge in [0.1, 0.15) is 5.56 Å². The van der Waals surface area contributed by atoms with Crippen molar-refractivity contribution in [2.24, 2.45) is 5.92 Å². The minimum Gasteiger partial charge on any atom is -0.481 e. The number of carbonyl (C=O) groups excluding carboxylic acids is 1. The van der Waals surface area contributed by atoms with Crippen molar-refractivity contribution >= 4 is 29.2 Å². The summed E-state index contributed by atoms with van der Waals surface area (Å²) in [5.41, 5.74) is -0.563. The molecule has 0 spiro atoms. The second-order valence-electron chi connectivity index (χ2n) is 4.47. The minimum atomic E-state index is -0.978. The maximum Gasteiger partial charge on any atom is 0.308 e. The molecule has 1 N–H and O–H groups in total. The first-order chi connectivity index (χ1) is 9.41. The summed E-state index contributed by atoms with van der Waals surface area (Å²) in [7, 11) is 0. The Morgan fingerprint density at radius 1 is 1.45 bits per heavy atom. The number of nitro benzene ring substituents is 1. The number of rotatable bonds is 3. The van der Waals surface area contributed by atoms with Gasteiger partial charge in [-0.3, -0.25) is 19.7 Å². The number of amides is 1. The molecule has 8 heteroatoms. The molecule has 0 bridgehead atoms. The number of carboxylic acids is 1. The molecular weight excluding hydrogens is 288 g/mol. The van der Waals surface area contributed by atoms with Gasteiger partial charge in [-0.1, -0.05) is 17.7 Å². The standard InChI is InChI=1S/C12H11ClN2O5/c13-8-2-1-3-9(15(19)20)10(8)11(16)14-5-4-7(6-14)12(17)18/h1-3,7H,4-6H2,(H,17,18). The first kappa shape index (κ1) is 14.3. The van der Waals surface area contributed by atoms with Gasteiger partial charge in [0.05, 0.1) is 15.9 Å². The van der Waals surface area contributed by atoms with E-state index in [4.69, 9.17) is 16.7 Å². The number of halogens is 1. The third-order valence-electron chi connectivity index (χ3n) is 3.23. The molecule has 1 aromatic carbocycles. The SMILES string of the molecule is O=C(O)C1CCN(C(=O)c2c(Cl)cccc2[N+](=O)[O-])C1. The molecule has 1 aromatic rings. The average Bonchev–Trinajstić information content (AvgIpc) is 2.87. The van der Waals surface area contributed by atoms with Crippen molar-refractivity contribution in [3.63, 3.8) is 0 Å². The van der Waals surface area contributed by atoms with Gasteiger partial charge in [0, 0.05) is 19.2 Å². The van der Waals surface area contributed by atoms with Gasteiger partial charge in [-0.15, -0.1) is 0 Å². The van der Waals surface area contributed by atoms with Crippen LogP contribution in [0.1, 0.15) is 16.8 Å². The number of hydrogen-bond donors (Lipinski definition) is 1. The molecule has 2 rings (SSSR count). The number of hydrogen-bond acceptors (Lipinski definition) is 4. The highest BCUT2D eigenvalue weighted by Crippen LogP contribution is 2.29. The molecule has 1 aliphatic heterocycles. The maximum absolute atomic E-state index is 12.3. The van der Waals surface area contributed by atoms with Crippen LogP contribution in [-0.4, -0.2) is 39.9 Å². The largest absolute Gasteiger partial charge is 0.481 e. The summed E-state index contributed by atoms with van der Waals surface area (Å²) in [6.07, 6.45) is 0.333. The molecule has 1 amide bonds. The van der Waals surface area contributed by atoms with Crippen LogP contribution in [0.5, 0.6) is 0 Å². The van der Waals surface area contributed by atoms with E-state index in [0.717, 1.165) is 0 Å². The highest BCUT2D eigenvalue weighted by molar-refractivity contribution is 6.34. The highest BCUT2D eigenvalue weighted by atomic mass is 35.5. The summed E-state index contributed by atoms with van der Waals surface area (Å²) < 4.78 is 0. The Morgan fingerprint density at radius 3 is 2.70 bits per heavy atom. The quantitative estimate of drug-likeness (QED) is 0.677. The molecule has 1 unspecified atom stereocenters. The number of nitro groups is 1. The number of nitrogens with zero attached hydrogens (tertiary/aromatic N) is 2. The van der Waals surface area contributed by atoms with Crippen molar-refractivity contribution in [1.82, 2.24) is 4.90 Å². The first-order valence-electron chi connectivity index (χ1n) is 5.86. The lowest BCUT2D eigenvalue weighted by molar-refractivity contribution is -0.385. The maximum atomic E-state index is 12.3. The van der Waals surface area contributed by atoms with Gasteiger partial charge in [0.2, 0.25) is 0 Å². The van der Waals surface area contributed by atoms with Crippen LogP contribution >= 0.6 is 11.6 Å². The fourth-order valence-electron chi connectivity index (χ4n) is 2.18. The fourth-order valence-corrected chi connectivity index (χ4v) is 2.43. The lowest BCUT2D eigenvalue weighted by Gasteiger charge is -2.16. The zero-order chi connectivity index (χ0) is 14.9. The van der Waals surface area contributed by atoms with E-state index in [2.05, 4.69) is 0 Å². The van der Waals surface area contributed by atoms with Crippen LogP contribution < -0.4 is 0 Å². The van der Waals surface area contributed by atoms with Crippen molar-refractivity contribution < 1.29 is 19.6 Å². The molecule has 1 heterocycles. The van der Waals surface area contributed by atoms with E-state index >= 15 is 0 Å². The Hall–Kier alpha value is -2.15. The Balaban J connectivity index is 2.31. The Kier molecular flexibility index (Phi) is 3.89. The number of aliphatic carboxylic acids is 1. The minimum absolute atomic E-state index is 0.0111. The molecule has 20 heavy (non-hydrogen) atoms. The van der Waals surface area contributed by atoms with Crippen molar-refractivity contribution in [3.05, 3.63) is 38.9 Å². The van der Waals surface area contributed by atoms with Crippen LogP contribution in [0.4, 0.5) is 5.69 Å². The summed E-state index contributed by atoms with van der Waals surface area (Å²) in [5.74, 6) is -2.22. The van der Waals surface area contributed by atoms with Gasteiger partial charge in [-0.25, -0.2) is 0 Å². The van der Waals surface area contributed by atoms with Crippen LogP contribution in [0, 0.1) is 16.0 Å². The van der Waals surface area contributed by atoms with Crippen LogP contribution in [-0.2, 0) is 4.79 Å². The smallest absolute Gasteiger partial charge is 0.308 e. The van der Waals surface area contributed by atoms with Crippen molar-refractivity contribution in [1.29, 1.82) is 0 Å². The van der Waals surface area contributed by atoms with E-state index in [0.29, 0.717) is 6.42 Å². The molecule has 1 atom stereocenters. The summed E-state index contributed by atoms with van der Waals surface area (Å²) in [6.45, 7) is 0.286. The first-order valence-corrected chi connectivity index (χ1v) is 6.24. The molecule has 1 fully saturated rings. The third-order valence-corrected chi connectivity index (χ3v) is 3.54. The number of carbonyl (C=O) groups is 2. The summed E-state index contributed by atoms with van der Waals surface area (Å²) in [4.78, 5) is 34.7. The summed E-state index contributed by atoms with van der Waals surface area (Å²) >= 11 is 5.88. The molecule has 0 saturated carbocycles. The van der Waals surface area contributed by atoms with Crippen LogP contribution in [0.15, 0.2) is 18.2 Å². The van der Waals surface area contributed by atoms with Gasteiger partial charge >= 0.3 is 5.97 Å². The predicted octanol–water partition coefficient (Wildman–Crippen LogP) is 1.79.